The molecule has 3 aliphatic heterocycles. The molecule has 3 heterocycles. The molecule has 0 saturated carbocycles. The number of carbonyl (C=O) groups is 1. The summed E-state index contributed by atoms with van der Waals surface area (Å²) in [4.78, 5) is 19.8. The molecule has 2 aromatic carbocycles. The van der Waals surface area contributed by atoms with Crippen molar-refractivity contribution in [3.63, 3.8) is 0 Å². The van der Waals surface area contributed by atoms with Gasteiger partial charge >= 0.3 is 0 Å². The van der Waals surface area contributed by atoms with Crippen molar-refractivity contribution >= 4 is 33.2 Å². The maximum absolute atomic E-state index is 12.9. The number of halogens is 1. The van der Waals surface area contributed by atoms with Crippen LogP contribution in [-0.4, -0.2) is 23.1 Å². The van der Waals surface area contributed by atoms with E-state index in [4.69, 9.17) is 4.99 Å². The molecule has 1 fully saturated rings. The van der Waals surface area contributed by atoms with Crippen molar-refractivity contribution in [1.82, 2.24) is 4.90 Å². The van der Waals surface area contributed by atoms with Crippen molar-refractivity contribution < 1.29 is 4.79 Å². The van der Waals surface area contributed by atoms with Gasteiger partial charge in [-0.2, -0.15) is 0 Å². The Kier molecular flexibility index (Phi) is 2.88. The summed E-state index contributed by atoms with van der Waals surface area (Å²) in [5.41, 5.74) is 5.56. The van der Waals surface area contributed by atoms with Gasteiger partial charge in [0.15, 0.2) is 0 Å². The molecular weight excluding hydrogens is 364 g/mol. The third-order valence-corrected chi connectivity index (χ3v) is 6.53. The Hall–Kier alpha value is -1.94. The van der Waals surface area contributed by atoms with E-state index in [0.29, 0.717) is 6.42 Å². The molecule has 24 heavy (non-hydrogen) atoms. The highest BCUT2D eigenvalue weighted by molar-refractivity contribution is 9.10. The van der Waals surface area contributed by atoms with Gasteiger partial charge in [-0.25, -0.2) is 0 Å². The van der Waals surface area contributed by atoms with Crippen molar-refractivity contribution in [3.05, 3.63) is 63.6 Å². The lowest BCUT2D eigenvalue weighted by Crippen LogP contribution is -2.42. The zero-order valence-electron chi connectivity index (χ0n) is 13.4. The van der Waals surface area contributed by atoms with Gasteiger partial charge in [0.25, 0.3) is 0 Å². The quantitative estimate of drug-likeness (QED) is 0.669. The van der Waals surface area contributed by atoms with E-state index in [9.17, 15) is 4.79 Å². The minimum Gasteiger partial charge on any atom is -0.334 e. The lowest BCUT2D eigenvalue weighted by molar-refractivity contribution is -0.129. The molecule has 3 nitrogen and oxygen atoms in total. The van der Waals surface area contributed by atoms with Gasteiger partial charge in [0.1, 0.15) is 0 Å². The number of benzene rings is 2. The molecule has 0 radical (unpaired) electrons. The van der Waals surface area contributed by atoms with Crippen LogP contribution in [0.15, 0.2) is 51.9 Å². The highest BCUT2D eigenvalue weighted by atomic mass is 79.9. The standard InChI is InChI=1S/C20H17BrN2O/c1-12-20(15-7-4-8-16(21)18(15)22-12)11-17(24)23-10-9-13-5-2-3-6-14(13)19(20)23/h2-8,19H,9-11H2,1H3/t19-,20-/m1/s1. The van der Waals surface area contributed by atoms with Gasteiger partial charge < -0.3 is 4.90 Å². The Balaban J connectivity index is 1.81. The molecular formula is C20H17BrN2O. The third-order valence-electron chi connectivity index (χ3n) is 5.89. The van der Waals surface area contributed by atoms with Crippen LogP contribution in [0.25, 0.3) is 0 Å². The first-order valence-electron chi connectivity index (χ1n) is 8.35. The normalized spacial score (nSPS) is 27.1. The summed E-state index contributed by atoms with van der Waals surface area (Å²) in [5.74, 6) is 0.247. The van der Waals surface area contributed by atoms with Crippen molar-refractivity contribution in [3.8, 4) is 0 Å². The molecule has 4 heteroatoms. The van der Waals surface area contributed by atoms with E-state index in [1.807, 2.05) is 6.07 Å². The summed E-state index contributed by atoms with van der Waals surface area (Å²) in [7, 11) is 0. The zero-order chi connectivity index (χ0) is 16.5. The Bertz CT molecular complexity index is 920. The van der Waals surface area contributed by atoms with Crippen molar-refractivity contribution in [2.75, 3.05) is 6.54 Å². The second-order valence-electron chi connectivity index (χ2n) is 6.92. The van der Waals surface area contributed by atoms with E-state index in [-0.39, 0.29) is 17.4 Å². The predicted octanol–water partition coefficient (Wildman–Crippen LogP) is 4.32. The minimum absolute atomic E-state index is 0.0641. The molecule has 0 N–H and O–H groups in total. The third kappa shape index (κ3) is 1.62. The summed E-state index contributed by atoms with van der Waals surface area (Å²) in [5, 5.41) is 0. The Morgan fingerprint density at radius 2 is 2.04 bits per heavy atom. The molecule has 0 aliphatic carbocycles. The molecule has 1 saturated heterocycles. The molecule has 5 rings (SSSR count). The van der Waals surface area contributed by atoms with E-state index in [1.54, 1.807) is 0 Å². The van der Waals surface area contributed by atoms with Crippen molar-refractivity contribution in [2.45, 2.75) is 31.2 Å². The second-order valence-corrected chi connectivity index (χ2v) is 7.77. The first kappa shape index (κ1) is 14.4. The van der Waals surface area contributed by atoms with E-state index in [1.165, 1.54) is 16.7 Å². The largest absolute Gasteiger partial charge is 0.334 e. The first-order chi connectivity index (χ1) is 11.6. The van der Waals surface area contributed by atoms with Crippen LogP contribution in [0.4, 0.5) is 5.69 Å². The SMILES string of the molecule is CC1=Nc2c(Br)cccc2[C@@]12CC(=O)N1CCc3ccccc3[C@@H]12. The van der Waals surface area contributed by atoms with Crippen LogP contribution in [0.2, 0.25) is 0 Å². The maximum atomic E-state index is 12.9. The summed E-state index contributed by atoms with van der Waals surface area (Å²) in [6.07, 6.45) is 1.46. The van der Waals surface area contributed by atoms with Gasteiger partial charge in [0, 0.05) is 23.1 Å². The second kappa shape index (κ2) is 4.79. The number of rotatable bonds is 0. The molecule has 120 valence electrons. The van der Waals surface area contributed by atoms with E-state index in [2.05, 4.69) is 64.2 Å². The first-order valence-corrected chi connectivity index (χ1v) is 9.14. The summed E-state index contributed by atoms with van der Waals surface area (Å²) in [6, 6.07) is 14.9. The predicted molar refractivity (Wildman–Crippen MR) is 97.8 cm³/mol. The highest BCUT2D eigenvalue weighted by Crippen LogP contribution is 2.58. The van der Waals surface area contributed by atoms with Gasteiger partial charge in [0.2, 0.25) is 5.91 Å². The van der Waals surface area contributed by atoms with Gasteiger partial charge in [-0.1, -0.05) is 36.4 Å². The molecule has 0 unspecified atom stereocenters. The number of para-hydroxylation sites is 1. The fourth-order valence-corrected chi connectivity index (χ4v) is 5.28. The lowest BCUT2D eigenvalue weighted by Gasteiger charge is -2.40. The van der Waals surface area contributed by atoms with Crippen LogP contribution < -0.4 is 0 Å². The molecule has 0 bridgehead atoms. The van der Waals surface area contributed by atoms with E-state index in [0.717, 1.165) is 28.8 Å². The molecule has 3 aliphatic rings. The van der Waals surface area contributed by atoms with Gasteiger partial charge in [-0.3, -0.25) is 9.79 Å². The van der Waals surface area contributed by atoms with Crippen LogP contribution in [0.1, 0.15) is 36.1 Å². The fourth-order valence-electron chi connectivity index (χ4n) is 4.82. The molecule has 2 atom stereocenters. The van der Waals surface area contributed by atoms with Crippen LogP contribution >= 0.6 is 15.9 Å². The summed E-state index contributed by atoms with van der Waals surface area (Å²) < 4.78 is 1.01. The van der Waals surface area contributed by atoms with Crippen LogP contribution in [0.5, 0.6) is 0 Å². The lowest BCUT2D eigenvalue weighted by atomic mass is 9.68. The number of hydrogen-bond acceptors (Lipinski definition) is 2. The number of hydrogen-bond donors (Lipinski definition) is 0. The average molecular weight is 381 g/mol. The smallest absolute Gasteiger partial charge is 0.224 e. The van der Waals surface area contributed by atoms with Gasteiger partial charge in [-0.15, -0.1) is 0 Å². The molecule has 0 aromatic heterocycles. The fraction of sp³-hybridized carbons (Fsp3) is 0.300. The van der Waals surface area contributed by atoms with E-state index < -0.39 is 0 Å². The van der Waals surface area contributed by atoms with Crippen molar-refractivity contribution in [2.24, 2.45) is 4.99 Å². The highest BCUT2D eigenvalue weighted by Gasteiger charge is 2.59. The molecule has 1 spiro atoms. The van der Waals surface area contributed by atoms with Crippen LogP contribution in [0, 0.1) is 0 Å². The Labute approximate surface area is 149 Å². The number of nitrogens with zero attached hydrogens (tertiary/aromatic N) is 2. The van der Waals surface area contributed by atoms with E-state index >= 15 is 0 Å². The van der Waals surface area contributed by atoms with Crippen molar-refractivity contribution in [1.29, 1.82) is 0 Å². The number of fused-ring (bicyclic) bond motifs is 6. The number of amides is 1. The number of aliphatic imine (C=N–C) groups is 1. The van der Waals surface area contributed by atoms with Gasteiger partial charge in [-0.05, 0) is 52.0 Å². The molecule has 1 amide bonds. The Morgan fingerprint density at radius 1 is 1.21 bits per heavy atom. The summed E-state index contributed by atoms with van der Waals surface area (Å²) in [6.45, 7) is 2.89. The topological polar surface area (TPSA) is 32.7 Å². The minimum atomic E-state index is -0.327. The van der Waals surface area contributed by atoms with Crippen LogP contribution in [0.3, 0.4) is 0 Å². The molecule has 2 aromatic rings. The zero-order valence-corrected chi connectivity index (χ0v) is 15.0. The maximum Gasteiger partial charge on any atom is 0.224 e. The average Bonchev–Trinajstić information content (AvgIpc) is 3.05. The number of carbonyl (C=O) groups excluding carboxylic acids is 1. The summed E-state index contributed by atoms with van der Waals surface area (Å²) >= 11 is 3.63. The van der Waals surface area contributed by atoms with Crippen LogP contribution in [-0.2, 0) is 16.6 Å². The monoisotopic (exact) mass is 380 g/mol. The Morgan fingerprint density at radius 3 is 2.92 bits per heavy atom. The van der Waals surface area contributed by atoms with Gasteiger partial charge in [0.05, 0.1) is 17.1 Å².